The zero-order valence-electron chi connectivity index (χ0n) is 15.6. The highest BCUT2D eigenvalue weighted by Crippen LogP contribution is 2.32. The molecule has 1 heterocycles. The van der Waals surface area contributed by atoms with Crippen molar-refractivity contribution in [2.45, 2.75) is 33.0 Å². The molecule has 3 rings (SSSR count). The Morgan fingerprint density at radius 3 is 2.70 bits per heavy atom. The summed E-state index contributed by atoms with van der Waals surface area (Å²) in [6, 6.07) is 13.8. The first-order chi connectivity index (χ1) is 13.2. The Hall–Kier alpha value is -2.18. The van der Waals surface area contributed by atoms with Crippen molar-refractivity contribution in [2.75, 3.05) is 26.2 Å². The van der Waals surface area contributed by atoms with E-state index in [-0.39, 0.29) is 5.75 Å². The number of halogens is 2. The Morgan fingerprint density at radius 2 is 1.93 bits per heavy atom. The second kappa shape index (κ2) is 9.67. The van der Waals surface area contributed by atoms with E-state index in [1.165, 1.54) is 11.1 Å². The third-order valence-corrected chi connectivity index (χ3v) is 4.70. The number of benzene rings is 2. The zero-order valence-corrected chi connectivity index (χ0v) is 15.6. The molecule has 0 spiro atoms. The van der Waals surface area contributed by atoms with Crippen molar-refractivity contribution in [2.24, 2.45) is 0 Å². The van der Waals surface area contributed by atoms with Crippen LogP contribution in [0.1, 0.15) is 23.6 Å². The minimum absolute atomic E-state index is 0.119. The van der Waals surface area contributed by atoms with Gasteiger partial charge in [0.2, 0.25) is 0 Å². The van der Waals surface area contributed by atoms with Crippen LogP contribution >= 0.6 is 0 Å². The Bertz CT molecular complexity index is 740. The van der Waals surface area contributed by atoms with Gasteiger partial charge in [-0.2, -0.15) is 8.78 Å². The van der Waals surface area contributed by atoms with Crippen LogP contribution in [0, 0.1) is 0 Å². The summed E-state index contributed by atoms with van der Waals surface area (Å²) in [4.78, 5) is 2.41. The van der Waals surface area contributed by atoms with E-state index in [9.17, 15) is 8.78 Å². The van der Waals surface area contributed by atoms with E-state index in [4.69, 9.17) is 9.47 Å². The fourth-order valence-electron chi connectivity index (χ4n) is 3.40. The lowest BCUT2D eigenvalue weighted by Crippen LogP contribution is -2.36. The van der Waals surface area contributed by atoms with Crippen LogP contribution in [-0.4, -0.2) is 37.8 Å². The molecule has 0 saturated heterocycles. The van der Waals surface area contributed by atoms with Crippen molar-refractivity contribution >= 4 is 0 Å². The van der Waals surface area contributed by atoms with E-state index in [2.05, 4.69) is 34.5 Å². The van der Waals surface area contributed by atoms with Crippen LogP contribution in [0.25, 0.3) is 0 Å². The van der Waals surface area contributed by atoms with Crippen LogP contribution in [0.4, 0.5) is 8.78 Å². The number of alkyl halides is 2. The van der Waals surface area contributed by atoms with Crippen LogP contribution in [0.5, 0.6) is 11.5 Å². The highest BCUT2D eigenvalue weighted by Gasteiger charge is 2.17. The lowest BCUT2D eigenvalue weighted by atomic mass is 10.00. The molecule has 27 heavy (non-hydrogen) atoms. The first kappa shape index (κ1) is 19.6. The maximum atomic E-state index is 12.8. The summed E-state index contributed by atoms with van der Waals surface area (Å²) < 4.78 is 35.7. The van der Waals surface area contributed by atoms with Crippen LogP contribution in [-0.2, 0) is 19.5 Å². The van der Waals surface area contributed by atoms with Crippen molar-refractivity contribution < 1.29 is 18.3 Å². The molecule has 0 fully saturated rings. The standard InChI is InChI=1S/C21H26F2N2O2/c1-2-26-19-9-5-8-17(20(19)27-21(22)23)14-24-11-13-25-12-10-16-6-3-4-7-18(16)15-25/h3-9,21,24H,2,10-15H2,1H3. The van der Waals surface area contributed by atoms with Crippen molar-refractivity contribution in [3.8, 4) is 11.5 Å². The summed E-state index contributed by atoms with van der Waals surface area (Å²) in [5, 5.41) is 3.33. The normalized spacial score (nSPS) is 14.2. The van der Waals surface area contributed by atoms with Crippen LogP contribution in [0.15, 0.2) is 42.5 Å². The van der Waals surface area contributed by atoms with Crippen molar-refractivity contribution in [1.29, 1.82) is 0 Å². The van der Waals surface area contributed by atoms with E-state index in [0.717, 1.165) is 32.6 Å². The molecule has 0 bridgehead atoms. The van der Waals surface area contributed by atoms with Gasteiger partial charge in [-0.15, -0.1) is 0 Å². The number of ether oxygens (including phenoxy) is 2. The maximum absolute atomic E-state index is 12.8. The number of fused-ring (bicyclic) bond motifs is 1. The predicted octanol–water partition coefficient (Wildman–Crippen LogP) is 3.83. The van der Waals surface area contributed by atoms with Gasteiger partial charge in [-0.1, -0.05) is 36.4 Å². The van der Waals surface area contributed by atoms with Crippen molar-refractivity contribution in [3.05, 3.63) is 59.2 Å². The number of nitrogens with one attached hydrogen (secondary N) is 1. The molecule has 1 aliphatic rings. The van der Waals surface area contributed by atoms with Gasteiger partial charge in [0, 0.05) is 38.3 Å². The van der Waals surface area contributed by atoms with E-state index < -0.39 is 6.61 Å². The lowest BCUT2D eigenvalue weighted by molar-refractivity contribution is -0.0521. The molecular weight excluding hydrogens is 350 g/mol. The monoisotopic (exact) mass is 376 g/mol. The van der Waals surface area contributed by atoms with Gasteiger partial charge in [-0.05, 0) is 30.5 Å². The average molecular weight is 376 g/mol. The van der Waals surface area contributed by atoms with E-state index in [1.54, 1.807) is 18.2 Å². The summed E-state index contributed by atoms with van der Waals surface area (Å²) in [5.74, 6) is 0.471. The van der Waals surface area contributed by atoms with Gasteiger partial charge in [-0.3, -0.25) is 4.90 Å². The predicted molar refractivity (Wildman–Crippen MR) is 101 cm³/mol. The molecule has 146 valence electrons. The largest absolute Gasteiger partial charge is 0.490 e. The average Bonchev–Trinajstić information content (AvgIpc) is 2.67. The third-order valence-electron chi connectivity index (χ3n) is 4.70. The van der Waals surface area contributed by atoms with Gasteiger partial charge in [0.15, 0.2) is 11.5 Å². The van der Waals surface area contributed by atoms with Crippen molar-refractivity contribution in [3.63, 3.8) is 0 Å². The van der Waals surface area contributed by atoms with Gasteiger partial charge >= 0.3 is 6.61 Å². The van der Waals surface area contributed by atoms with Gasteiger partial charge in [0.1, 0.15) is 0 Å². The lowest BCUT2D eigenvalue weighted by Gasteiger charge is -2.28. The number of nitrogens with zero attached hydrogens (tertiary/aromatic N) is 1. The molecule has 4 nitrogen and oxygen atoms in total. The molecule has 0 saturated carbocycles. The SMILES string of the molecule is CCOc1cccc(CNCCN2CCc3ccccc3C2)c1OC(F)F. The fraction of sp³-hybridized carbons (Fsp3) is 0.429. The Morgan fingerprint density at radius 1 is 1.11 bits per heavy atom. The molecule has 0 unspecified atom stereocenters. The fourth-order valence-corrected chi connectivity index (χ4v) is 3.40. The summed E-state index contributed by atoms with van der Waals surface area (Å²) >= 11 is 0. The molecule has 0 amide bonds. The van der Waals surface area contributed by atoms with Gasteiger partial charge in [0.05, 0.1) is 6.61 Å². The molecule has 0 aromatic heterocycles. The van der Waals surface area contributed by atoms with E-state index in [0.29, 0.717) is 24.5 Å². The van der Waals surface area contributed by atoms with Crippen LogP contribution in [0.3, 0.4) is 0 Å². The smallest absolute Gasteiger partial charge is 0.387 e. The second-order valence-electron chi connectivity index (χ2n) is 6.53. The van der Waals surface area contributed by atoms with Crippen LogP contribution in [0.2, 0.25) is 0 Å². The quantitative estimate of drug-likeness (QED) is 0.675. The molecule has 0 aliphatic carbocycles. The summed E-state index contributed by atoms with van der Waals surface area (Å²) in [7, 11) is 0. The number of hydrogen-bond donors (Lipinski definition) is 1. The maximum Gasteiger partial charge on any atom is 0.387 e. The van der Waals surface area contributed by atoms with Crippen molar-refractivity contribution in [1.82, 2.24) is 10.2 Å². The summed E-state index contributed by atoms with van der Waals surface area (Å²) in [6.45, 7) is 3.46. The van der Waals surface area contributed by atoms with E-state index in [1.807, 2.05) is 6.92 Å². The zero-order chi connectivity index (χ0) is 19.1. The topological polar surface area (TPSA) is 33.7 Å². The molecular formula is C21H26F2N2O2. The molecule has 6 heteroatoms. The molecule has 1 aliphatic heterocycles. The molecule has 2 aromatic carbocycles. The summed E-state index contributed by atoms with van der Waals surface area (Å²) in [5.41, 5.74) is 3.49. The number of rotatable bonds is 9. The third kappa shape index (κ3) is 5.40. The first-order valence-corrected chi connectivity index (χ1v) is 9.36. The molecule has 0 atom stereocenters. The van der Waals surface area contributed by atoms with E-state index >= 15 is 0 Å². The Balaban J connectivity index is 1.52. The molecule has 0 radical (unpaired) electrons. The highest BCUT2D eigenvalue weighted by molar-refractivity contribution is 5.46. The first-order valence-electron chi connectivity index (χ1n) is 9.36. The van der Waals surface area contributed by atoms with Gasteiger partial charge in [0.25, 0.3) is 0 Å². The minimum atomic E-state index is -2.88. The summed E-state index contributed by atoms with van der Waals surface area (Å²) in [6.07, 6.45) is 1.07. The van der Waals surface area contributed by atoms with Gasteiger partial charge in [-0.25, -0.2) is 0 Å². The molecule has 1 N–H and O–H groups in total. The number of hydrogen-bond acceptors (Lipinski definition) is 4. The Kier molecular flexibility index (Phi) is 7.01. The number of para-hydroxylation sites is 1. The Labute approximate surface area is 159 Å². The molecule has 2 aromatic rings. The van der Waals surface area contributed by atoms with Crippen LogP contribution < -0.4 is 14.8 Å². The highest BCUT2D eigenvalue weighted by atomic mass is 19.3. The van der Waals surface area contributed by atoms with Gasteiger partial charge < -0.3 is 14.8 Å². The minimum Gasteiger partial charge on any atom is -0.490 e. The second-order valence-corrected chi connectivity index (χ2v) is 6.53.